The molecule has 0 aliphatic heterocycles. The average molecular weight is 215 g/mol. The number of benzene rings is 1. The zero-order valence-corrected chi connectivity index (χ0v) is 9.03. The standard InChI is InChI=1S/C12H13N3O/c1-9-2-4-10(5-3-9)6-11-7-12(13-8-16)15-14-11/h2-5,7-8H,6H2,1H3,(H2,13,14,15,16). The molecule has 2 rings (SSSR count). The number of carbonyl (C=O) groups is 1. The number of nitrogens with zero attached hydrogens (tertiary/aromatic N) is 1. The van der Waals surface area contributed by atoms with Crippen LogP contribution in [0.1, 0.15) is 16.8 Å². The topological polar surface area (TPSA) is 57.8 Å². The van der Waals surface area contributed by atoms with Gasteiger partial charge in [-0.05, 0) is 12.5 Å². The maximum Gasteiger partial charge on any atom is 0.212 e. The molecule has 0 radical (unpaired) electrons. The van der Waals surface area contributed by atoms with E-state index in [1.807, 2.05) is 6.07 Å². The Bertz CT molecular complexity index is 473. The maximum absolute atomic E-state index is 10.2. The Morgan fingerprint density at radius 3 is 2.81 bits per heavy atom. The molecule has 82 valence electrons. The van der Waals surface area contributed by atoms with Gasteiger partial charge in [0.05, 0.1) is 0 Å². The molecule has 0 atom stereocenters. The number of amides is 1. The maximum atomic E-state index is 10.2. The van der Waals surface area contributed by atoms with Gasteiger partial charge in [0.15, 0.2) is 5.82 Å². The van der Waals surface area contributed by atoms with Gasteiger partial charge in [-0.1, -0.05) is 29.8 Å². The van der Waals surface area contributed by atoms with E-state index >= 15 is 0 Å². The zero-order chi connectivity index (χ0) is 11.4. The Kier molecular flexibility index (Phi) is 3.00. The highest BCUT2D eigenvalue weighted by Gasteiger charge is 2.01. The molecule has 1 heterocycles. The van der Waals surface area contributed by atoms with E-state index in [1.54, 1.807) is 0 Å². The fourth-order valence-electron chi connectivity index (χ4n) is 1.51. The molecule has 0 fully saturated rings. The number of aryl methyl sites for hydroxylation is 1. The first kappa shape index (κ1) is 10.4. The van der Waals surface area contributed by atoms with Gasteiger partial charge in [0, 0.05) is 18.2 Å². The minimum atomic E-state index is 0.553. The number of aromatic amines is 1. The molecule has 4 heteroatoms. The molecule has 1 aromatic heterocycles. The highest BCUT2D eigenvalue weighted by Crippen LogP contribution is 2.11. The number of rotatable bonds is 4. The minimum Gasteiger partial charge on any atom is -0.312 e. The third kappa shape index (κ3) is 2.48. The number of aromatic nitrogens is 2. The van der Waals surface area contributed by atoms with E-state index in [9.17, 15) is 4.79 Å². The van der Waals surface area contributed by atoms with E-state index in [4.69, 9.17) is 0 Å². The summed E-state index contributed by atoms with van der Waals surface area (Å²) in [5, 5.41) is 9.33. The van der Waals surface area contributed by atoms with Crippen molar-refractivity contribution in [3.63, 3.8) is 0 Å². The van der Waals surface area contributed by atoms with Crippen molar-refractivity contribution >= 4 is 12.2 Å². The van der Waals surface area contributed by atoms with Gasteiger partial charge >= 0.3 is 0 Å². The largest absolute Gasteiger partial charge is 0.312 e. The number of nitrogens with one attached hydrogen (secondary N) is 2. The first-order valence-corrected chi connectivity index (χ1v) is 5.08. The van der Waals surface area contributed by atoms with Gasteiger partial charge in [0.2, 0.25) is 6.41 Å². The molecule has 4 nitrogen and oxygen atoms in total. The van der Waals surface area contributed by atoms with Crippen LogP contribution in [-0.4, -0.2) is 16.6 Å². The summed E-state index contributed by atoms with van der Waals surface area (Å²) in [6.45, 7) is 2.06. The lowest BCUT2D eigenvalue weighted by molar-refractivity contribution is -0.105. The van der Waals surface area contributed by atoms with Crippen LogP contribution in [0.5, 0.6) is 0 Å². The second-order valence-corrected chi connectivity index (χ2v) is 3.70. The highest BCUT2D eigenvalue weighted by molar-refractivity contribution is 5.68. The van der Waals surface area contributed by atoms with Crippen LogP contribution in [0.15, 0.2) is 30.3 Å². The normalized spacial score (nSPS) is 10.1. The van der Waals surface area contributed by atoms with E-state index in [1.165, 1.54) is 11.1 Å². The molecule has 0 saturated carbocycles. The Morgan fingerprint density at radius 2 is 2.12 bits per heavy atom. The summed E-state index contributed by atoms with van der Waals surface area (Å²) in [6, 6.07) is 10.2. The predicted octanol–water partition coefficient (Wildman–Crippen LogP) is 1.88. The summed E-state index contributed by atoms with van der Waals surface area (Å²) in [6.07, 6.45) is 1.40. The number of hydrogen-bond donors (Lipinski definition) is 2. The summed E-state index contributed by atoms with van der Waals surface area (Å²) in [4.78, 5) is 10.2. The van der Waals surface area contributed by atoms with Crippen molar-refractivity contribution in [2.24, 2.45) is 0 Å². The number of hydrogen-bond acceptors (Lipinski definition) is 2. The van der Waals surface area contributed by atoms with E-state index in [0.29, 0.717) is 12.2 Å². The Balaban J connectivity index is 2.08. The van der Waals surface area contributed by atoms with Crippen molar-refractivity contribution in [2.45, 2.75) is 13.3 Å². The number of H-pyrrole nitrogens is 1. The molecule has 1 amide bonds. The van der Waals surface area contributed by atoms with E-state index < -0.39 is 0 Å². The van der Waals surface area contributed by atoms with Crippen LogP contribution in [0.4, 0.5) is 5.82 Å². The van der Waals surface area contributed by atoms with Crippen LogP contribution in [0, 0.1) is 6.92 Å². The van der Waals surface area contributed by atoms with Crippen LogP contribution < -0.4 is 5.32 Å². The van der Waals surface area contributed by atoms with E-state index in [0.717, 1.165) is 12.1 Å². The van der Waals surface area contributed by atoms with E-state index in [2.05, 4.69) is 46.7 Å². The van der Waals surface area contributed by atoms with Crippen LogP contribution in [0.25, 0.3) is 0 Å². The first-order chi connectivity index (χ1) is 7.78. The van der Waals surface area contributed by atoms with Gasteiger partial charge < -0.3 is 5.32 Å². The van der Waals surface area contributed by atoms with Gasteiger partial charge in [-0.25, -0.2) is 0 Å². The minimum absolute atomic E-state index is 0.553. The van der Waals surface area contributed by atoms with Crippen molar-refractivity contribution in [1.82, 2.24) is 10.2 Å². The second kappa shape index (κ2) is 4.61. The molecule has 16 heavy (non-hydrogen) atoms. The molecule has 0 bridgehead atoms. The third-order valence-corrected chi connectivity index (χ3v) is 2.35. The lowest BCUT2D eigenvalue weighted by Crippen LogP contribution is -1.92. The quantitative estimate of drug-likeness (QED) is 0.765. The SMILES string of the molecule is Cc1ccc(Cc2cc(NC=O)n[nH]2)cc1. The predicted molar refractivity (Wildman–Crippen MR) is 62.3 cm³/mol. The van der Waals surface area contributed by atoms with Crippen molar-refractivity contribution < 1.29 is 4.79 Å². The van der Waals surface area contributed by atoms with Crippen molar-refractivity contribution in [2.75, 3.05) is 5.32 Å². The summed E-state index contributed by atoms with van der Waals surface area (Å²) < 4.78 is 0. The monoisotopic (exact) mass is 215 g/mol. The summed E-state index contributed by atoms with van der Waals surface area (Å²) in [7, 11) is 0. The molecule has 0 aliphatic rings. The average Bonchev–Trinajstić information content (AvgIpc) is 2.70. The van der Waals surface area contributed by atoms with Crippen molar-refractivity contribution in [1.29, 1.82) is 0 Å². The number of carbonyl (C=O) groups excluding carboxylic acids is 1. The molecule has 1 aromatic carbocycles. The van der Waals surface area contributed by atoms with Crippen molar-refractivity contribution in [3.8, 4) is 0 Å². The van der Waals surface area contributed by atoms with Gasteiger partial charge in [0.25, 0.3) is 0 Å². The Labute approximate surface area is 93.7 Å². The molecule has 2 N–H and O–H groups in total. The summed E-state index contributed by atoms with van der Waals surface area (Å²) in [5.74, 6) is 0.553. The van der Waals surface area contributed by atoms with E-state index in [-0.39, 0.29) is 0 Å². The van der Waals surface area contributed by atoms with Gasteiger partial charge in [-0.2, -0.15) is 5.10 Å². The molecule has 2 aromatic rings. The van der Waals surface area contributed by atoms with Crippen LogP contribution >= 0.6 is 0 Å². The fraction of sp³-hybridized carbons (Fsp3) is 0.167. The van der Waals surface area contributed by atoms with Gasteiger partial charge in [-0.15, -0.1) is 0 Å². The molecule has 0 unspecified atom stereocenters. The van der Waals surface area contributed by atoms with Gasteiger partial charge in [0.1, 0.15) is 0 Å². The van der Waals surface area contributed by atoms with Gasteiger partial charge in [-0.3, -0.25) is 9.89 Å². The Morgan fingerprint density at radius 1 is 1.38 bits per heavy atom. The highest BCUT2D eigenvalue weighted by atomic mass is 16.1. The summed E-state index contributed by atoms with van der Waals surface area (Å²) >= 11 is 0. The van der Waals surface area contributed by atoms with Crippen LogP contribution in [0.3, 0.4) is 0 Å². The molecule has 0 saturated heterocycles. The lowest BCUT2D eigenvalue weighted by Gasteiger charge is -1.98. The smallest absolute Gasteiger partial charge is 0.212 e. The Hall–Kier alpha value is -2.10. The van der Waals surface area contributed by atoms with Crippen LogP contribution in [0.2, 0.25) is 0 Å². The fourth-order valence-corrected chi connectivity index (χ4v) is 1.51. The molecular formula is C12H13N3O. The van der Waals surface area contributed by atoms with Crippen molar-refractivity contribution in [3.05, 3.63) is 47.2 Å². The molecule has 0 aliphatic carbocycles. The number of anilines is 1. The molecular weight excluding hydrogens is 202 g/mol. The molecule has 0 spiro atoms. The lowest BCUT2D eigenvalue weighted by atomic mass is 10.1. The zero-order valence-electron chi connectivity index (χ0n) is 9.03. The first-order valence-electron chi connectivity index (χ1n) is 5.08. The third-order valence-electron chi connectivity index (χ3n) is 2.35. The second-order valence-electron chi connectivity index (χ2n) is 3.70. The summed E-state index contributed by atoms with van der Waals surface area (Å²) in [5.41, 5.74) is 3.44. The van der Waals surface area contributed by atoms with Crippen LogP contribution in [-0.2, 0) is 11.2 Å².